The Labute approximate surface area is 198 Å². The summed E-state index contributed by atoms with van der Waals surface area (Å²) in [6.07, 6.45) is 4.19. The molecule has 3 aliphatic rings. The molecule has 2 heterocycles. The third-order valence-electron chi connectivity index (χ3n) is 7.89. The first-order chi connectivity index (χ1) is 16.5. The van der Waals surface area contributed by atoms with E-state index in [1.54, 1.807) is 13.2 Å². The monoisotopic (exact) mass is 462 g/mol. The van der Waals surface area contributed by atoms with Gasteiger partial charge in [-0.15, -0.1) is 0 Å². The number of hydrogen-bond donors (Lipinski definition) is 3. The minimum absolute atomic E-state index is 0.0636. The molecule has 3 N–H and O–H groups in total. The lowest BCUT2D eigenvalue weighted by Crippen LogP contribution is -2.42. The predicted molar refractivity (Wildman–Crippen MR) is 125 cm³/mol. The van der Waals surface area contributed by atoms with Crippen molar-refractivity contribution in [2.45, 2.75) is 44.6 Å². The number of ketones is 1. The third-order valence-corrected chi connectivity index (χ3v) is 7.89. The number of nitriles is 1. The van der Waals surface area contributed by atoms with Crippen molar-refractivity contribution in [2.24, 2.45) is 29.6 Å². The SMILES string of the molecule is COc1cccc2[nH]c(C(=O)CC(C(=O)N[C@H](C#N)C[C@@H]3CCNC3=O)C3CC4CC4C3)cc12. The number of aromatic amines is 1. The first-order valence-electron chi connectivity index (χ1n) is 12.1. The van der Waals surface area contributed by atoms with Crippen LogP contribution >= 0.6 is 0 Å². The minimum Gasteiger partial charge on any atom is -0.496 e. The Bertz CT molecular complexity index is 1160. The Morgan fingerprint density at radius 3 is 2.74 bits per heavy atom. The van der Waals surface area contributed by atoms with Crippen molar-refractivity contribution in [2.75, 3.05) is 13.7 Å². The summed E-state index contributed by atoms with van der Waals surface area (Å²) in [6, 6.07) is 8.78. The Balaban J connectivity index is 1.31. The average Bonchev–Trinajstić information content (AvgIpc) is 3.18. The summed E-state index contributed by atoms with van der Waals surface area (Å²) in [4.78, 5) is 41.8. The maximum atomic E-state index is 13.4. The van der Waals surface area contributed by atoms with Gasteiger partial charge in [-0.2, -0.15) is 5.26 Å². The van der Waals surface area contributed by atoms with Crippen LogP contribution < -0.4 is 15.4 Å². The smallest absolute Gasteiger partial charge is 0.224 e. The van der Waals surface area contributed by atoms with Gasteiger partial charge in [-0.25, -0.2) is 0 Å². The molecule has 1 aromatic carbocycles. The molecule has 5 atom stereocenters. The van der Waals surface area contributed by atoms with E-state index in [9.17, 15) is 19.6 Å². The number of fused-ring (bicyclic) bond motifs is 2. The number of nitrogens with zero attached hydrogens (tertiary/aromatic N) is 1. The molecule has 1 aromatic heterocycles. The molecular formula is C26H30N4O4. The van der Waals surface area contributed by atoms with E-state index in [-0.39, 0.29) is 35.9 Å². The van der Waals surface area contributed by atoms with Crippen molar-refractivity contribution >= 4 is 28.5 Å². The molecule has 8 nitrogen and oxygen atoms in total. The highest BCUT2D eigenvalue weighted by molar-refractivity contribution is 6.02. The van der Waals surface area contributed by atoms with E-state index in [0.29, 0.717) is 42.7 Å². The van der Waals surface area contributed by atoms with Crippen molar-refractivity contribution in [3.05, 3.63) is 30.0 Å². The van der Waals surface area contributed by atoms with Gasteiger partial charge in [0.2, 0.25) is 11.8 Å². The number of carbonyl (C=O) groups excluding carboxylic acids is 3. The van der Waals surface area contributed by atoms with Crippen LogP contribution in [0, 0.1) is 40.9 Å². The molecule has 1 saturated heterocycles. The number of rotatable bonds is 9. The zero-order valence-corrected chi connectivity index (χ0v) is 19.3. The van der Waals surface area contributed by atoms with Crippen molar-refractivity contribution in [3.8, 4) is 11.8 Å². The first kappa shape index (κ1) is 22.5. The van der Waals surface area contributed by atoms with Gasteiger partial charge < -0.3 is 20.4 Å². The first-order valence-corrected chi connectivity index (χ1v) is 12.1. The van der Waals surface area contributed by atoms with E-state index in [1.165, 1.54) is 6.42 Å². The number of aromatic nitrogens is 1. The quantitative estimate of drug-likeness (QED) is 0.494. The summed E-state index contributed by atoms with van der Waals surface area (Å²) in [5, 5.41) is 16.1. The number of methoxy groups -OCH3 is 1. The minimum atomic E-state index is -0.743. The fourth-order valence-electron chi connectivity index (χ4n) is 5.91. The van der Waals surface area contributed by atoms with E-state index in [2.05, 4.69) is 21.7 Å². The lowest BCUT2D eigenvalue weighted by molar-refractivity contribution is -0.128. The van der Waals surface area contributed by atoms with Gasteiger partial charge >= 0.3 is 0 Å². The Hall–Kier alpha value is -3.34. The fourth-order valence-corrected chi connectivity index (χ4v) is 5.91. The van der Waals surface area contributed by atoms with Crippen molar-refractivity contribution in [1.29, 1.82) is 5.26 Å². The summed E-state index contributed by atoms with van der Waals surface area (Å²) < 4.78 is 5.40. The van der Waals surface area contributed by atoms with Crippen LogP contribution in [0.25, 0.3) is 10.9 Å². The highest BCUT2D eigenvalue weighted by Crippen LogP contribution is 2.56. The van der Waals surface area contributed by atoms with Gasteiger partial charge in [0.1, 0.15) is 11.8 Å². The largest absolute Gasteiger partial charge is 0.496 e. The highest BCUT2D eigenvalue weighted by atomic mass is 16.5. The van der Waals surface area contributed by atoms with Gasteiger partial charge in [-0.1, -0.05) is 6.07 Å². The summed E-state index contributed by atoms with van der Waals surface area (Å²) in [7, 11) is 1.59. The van der Waals surface area contributed by atoms with Crippen LogP contribution in [0.1, 0.15) is 49.0 Å². The van der Waals surface area contributed by atoms with Gasteiger partial charge in [-0.05, 0) is 68.1 Å². The molecule has 2 aliphatic carbocycles. The molecule has 5 rings (SSSR count). The van der Waals surface area contributed by atoms with Crippen LogP contribution in [0.4, 0.5) is 0 Å². The number of amides is 2. The van der Waals surface area contributed by atoms with E-state index >= 15 is 0 Å². The van der Waals surface area contributed by atoms with Gasteiger partial charge in [0, 0.05) is 35.7 Å². The predicted octanol–water partition coefficient (Wildman–Crippen LogP) is 2.95. The zero-order chi connectivity index (χ0) is 23.8. The number of ether oxygens (including phenoxy) is 1. The maximum absolute atomic E-state index is 13.4. The van der Waals surface area contributed by atoms with Gasteiger partial charge in [0.15, 0.2) is 5.78 Å². The van der Waals surface area contributed by atoms with Crippen LogP contribution in [0.15, 0.2) is 24.3 Å². The van der Waals surface area contributed by atoms with Gasteiger partial charge in [0.05, 0.1) is 18.9 Å². The Kier molecular flexibility index (Phi) is 6.03. The second kappa shape index (κ2) is 9.13. The molecule has 0 radical (unpaired) electrons. The number of nitrogens with one attached hydrogen (secondary N) is 3. The van der Waals surface area contributed by atoms with Gasteiger partial charge in [0.25, 0.3) is 0 Å². The molecule has 8 heteroatoms. The highest BCUT2D eigenvalue weighted by Gasteiger charge is 2.49. The van der Waals surface area contributed by atoms with Crippen LogP contribution in [0.2, 0.25) is 0 Å². The number of carbonyl (C=O) groups is 3. The molecule has 178 valence electrons. The van der Waals surface area contributed by atoms with Crippen LogP contribution in [-0.4, -0.2) is 42.3 Å². The normalized spacial score (nSPS) is 26.9. The lowest BCUT2D eigenvalue weighted by atomic mass is 9.83. The number of Topliss-reactive ketones (excluding diaryl/α,β-unsaturated/α-hetero) is 1. The molecule has 34 heavy (non-hydrogen) atoms. The molecule has 2 aromatic rings. The molecule has 3 unspecified atom stereocenters. The number of benzene rings is 1. The van der Waals surface area contributed by atoms with E-state index in [4.69, 9.17) is 4.74 Å². The summed E-state index contributed by atoms with van der Waals surface area (Å²) in [6.45, 7) is 0.604. The van der Waals surface area contributed by atoms with Gasteiger partial charge in [-0.3, -0.25) is 14.4 Å². The standard InChI is InChI=1S/C26H30N4O4/c1-34-24-4-2-3-21-20(24)11-22(30-21)23(31)12-19(17-8-15-7-16(15)9-17)26(33)29-18(13-27)10-14-5-6-28-25(14)32/h2-4,11,14-19,30H,5-10,12H2,1H3,(H,28,32)(H,29,33)/t14-,15?,16?,17?,18-,19?/m0/s1. The van der Waals surface area contributed by atoms with Crippen LogP contribution in [0.3, 0.4) is 0 Å². The average molecular weight is 463 g/mol. The van der Waals surface area contributed by atoms with E-state index in [0.717, 1.165) is 23.7 Å². The molecule has 3 fully saturated rings. The molecule has 2 amide bonds. The molecule has 0 bridgehead atoms. The molecule has 2 saturated carbocycles. The zero-order valence-electron chi connectivity index (χ0n) is 19.3. The topological polar surface area (TPSA) is 124 Å². The summed E-state index contributed by atoms with van der Waals surface area (Å²) in [5.41, 5.74) is 1.27. The second-order valence-corrected chi connectivity index (χ2v) is 10.0. The van der Waals surface area contributed by atoms with Crippen molar-refractivity contribution in [3.63, 3.8) is 0 Å². The molecular weight excluding hydrogens is 432 g/mol. The lowest BCUT2D eigenvalue weighted by Gasteiger charge is -2.25. The fraction of sp³-hybridized carbons (Fsp3) is 0.538. The summed E-state index contributed by atoms with van der Waals surface area (Å²) in [5.74, 6) is 0.981. The number of H-pyrrole nitrogens is 1. The van der Waals surface area contributed by atoms with Crippen LogP contribution in [0.5, 0.6) is 5.75 Å². The Morgan fingerprint density at radius 1 is 1.26 bits per heavy atom. The molecule has 1 aliphatic heterocycles. The molecule has 0 spiro atoms. The third kappa shape index (κ3) is 4.39. The van der Waals surface area contributed by atoms with Crippen LogP contribution in [-0.2, 0) is 9.59 Å². The van der Waals surface area contributed by atoms with E-state index in [1.807, 2.05) is 18.2 Å². The summed E-state index contributed by atoms with van der Waals surface area (Å²) >= 11 is 0. The maximum Gasteiger partial charge on any atom is 0.224 e. The number of hydrogen-bond acceptors (Lipinski definition) is 5. The van der Waals surface area contributed by atoms with Crippen molar-refractivity contribution in [1.82, 2.24) is 15.6 Å². The van der Waals surface area contributed by atoms with Crippen molar-refractivity contribution < 1.29 is 19.1 Å². The Morgan fingerprint density at radius 2 is 2.06 bits per heavy atom. The second-order valence-electron chi connectivity index (χ2n) is 10.0. The van der Waals surface area contributed by atoms with E-state index < -0.39 is 12.0 Å².